The molecule has 0 fully saturated rings. The molecule has 1 heterocycles. The van der Waals surface area contributed by atoms with Gasteiger partial charge in [0.05, 0.1) is 6.10 Å². The first-order valence-corrected chi connectivity index (χ1v) is 6.93. The smallest absolute Gasteiger partial charge is 0.177 e. The first-order valence-electron chi connectivity index (χ1n) is 6.93. The number of furan rings is 1. The van der Waals surface area contributed by atoms with Gasteiger partial charge in [0.1, 0.15) is 5.76 Å². The molecule has 0 unspecified atom stereocenters. The van der Waals surface area contributed by atoms with Crippen LogP contribution in [0.4, 0.5) is 0 Å². The molecule has 0 aliphatic heterocycles. The molecule has 0 radical (unpaired) electrons. The Labute approximate surface area is 123 Å². The number of benzene rings is 2. The van der Waals surface area contributed by atoms with E-state index < -0.39 is 0 Å². The molecule has 1 aromatic heterocycles. The van der Waals surface area contributed by atoms with Crippen LogP contribution in [0.1, 0.15) is 24.2 Å². The second-order valence-corrected chi connectivity index (χ2v) is 5.16. The average Bonchev–Trinajstić information content (AvgIpc) is 2.94. The van der Waals surface area contributed by atoms with E-state index in [1.807, 2.05) is 50.2 Å². The zero-order valence-electron chi connectivity index (χ0n) is 12.0. The Morgan fingerprint density at radius 1 is 1.10 bits per heavy atom. The van der Waals surface area contributed by atoms with Gasteiger partial charge in [-0.25, -0.2) is 0 Å². The van der Waals surface area contributed by atoms with E-state index in [0.29, 0.717) is 16.9 Å². The number of hydrogen-bond donors (Lipinski definition) is 0. The summed E-state index contributed by atoms with van der Waals surface area (Å²) in [5.74, 6) is 1.39. The summed E-state index contributed by atoms with van der Waals surface area (Å²) in [5.41, 5.74) is 2.19. The van der Waals surface area contributed by atoms with Gasteiger partial charge in [-0.1, -0.05) is 30.3 Å². The lowest BCUT2D eigenvalue weighted by molar-refractivity contribution is 0.112. The standard InChI is InChI=1S/C18H16O3/c1-12(2)20-16-9-8-14(11-19)15-10-17(21-18(15)16)13-6-4-3-5-7-13/h3-12H,1-2H3. The number of rotatable bonds is 4. The van der Waals surface area contributed by atoms with Crippen LogP contribution in [0.15, 0.2) is 52.9 Å². The van der Waals surface area contributed by atoms with Crippen LogP contribution in [0, 0.1) is 0 Å². The predicted molar refractivity (Wildman–Crippen MR) is 82.8 cm³/mol. The van der Waals surface area contributed by atoms with Crippen molar-refractivity contribution in [2.75, 3.05) is 0 Å². The van der Waals surface area contributed by atoms with Crippen LogP contribution in [0.3, 0.4) is 0 Å². The van der Waals surface area contributed by atoms with E-state index in [1.54, 1.807) is 12.1 Å². The summed E-state index contributed by atoms with van der Waals surface area (Å²) >= 11 is 0. The fraction of sp³-hybridized carbons (Fsp3) is 0.167. The molecule has 0 spiro atoms. The van der Waals surface area contributed by atoms with Crippen molar-refractivity contribution in [2.24, 2.45) is 0 Å². The van der Waals surface area contributed by atoms with Crippen molar-refractivity contribution in [1.82, 2.24) is 0 Å². The molecule has 106 valence electrons. The van der Waals surface area contributed by atoms with Gasteiger partial charge in [-0.3, -0.25) is 4.79 Å². The van der Waals surface area contributed by atoms with Crippen molar-refractivity contribution in [1.29, 1.82) is 0 Å². The second kappa shape index (κ2) is 5.44. The molecular formula is C18H16O3. The normalized spacial score (nSPS) is 11.0. The van der Waals surface area contributed by atoms with E-state index in [2.05, 4.69) is 0 Å². The lowest BCUT2D eigenvalue weighted by atomic mass is 10.1. The Morgan fingerprint density at radius 3 is 2.52 bits per heavy atom. The Kier molecular flexibility index (Phi) is 3.48. The number of aldehydes is 1. The zero-order valence-corrected chi connectivity index (χ0v) is 12.0. The summed E-state index contributed by atoms with van der Waals surface area (Å²) in [6, 6.07) is 15.2. The summed E-state index contributed by atoms with van der Waals surface area (Å²) < 4.78 is 11.7. The van der Waals surface area contributed by atoms with Crippen LogP contribution in [0.25, 0.3) is 22.3 Å². The lowest BCUT2D eigenvalue weighted by Gasteiger charge is -2.10. The Morgan fingerprint density at radius 2 is 1.86 bits per heavy atom. The molecule has 3 heteroatoms. The summed E-state index contributed by atoms with van der Waals surface area (Å²) in [5, 5.41) is 0.780. The van der Waals surface area contributed by atoms with Crippen molar-refractivity contribution < 1.29 is 13.9 Å². The van der Waals surface area contributed by atoms with Gasteiger partial charge >= 0.3 is 0 Å². The highest BCUT2D eigenvalue weighted by atomic mass is 16.5. The quantitative estimate of drug-likeness (QED) is 0.650. The van der Waals surface area contributed by atoms with Gasteiger partial charge in [0.15, 0.2) is 17.6 Å². The monoisotopic (exact) mass is 280 g/mol. The highest BCUT2D eigenvalue weighted by molar-refractivity contribution is 6.00. The number of carbonyl (C=O) groups excluding carboxylic acids is 1. The minimum absolute atomic E-state index is 0.0422. The van der Waals surface area contributed by atoms with Crippen molar-refractivity contribution >= 4 is 17.3 Å². The topological polar surface area (TPSA) is 39.4 Å². The van der Waals surface area contributed by atoms with Crippen LogP contribution in [-0.4, -0.2) is 12.4 Å². The van der Waals surface area contributed by atoms with Gasteiger partial charge in [0.2, 0.25) is 0 Å². The molecule has 2 aromatic carbocycles. The molecule has 0 amide bonds. The van der Waals surface area contributed by atoms with Crippen LogP contribution in [-0.2, 0) is 0 Å². The first kappa shape index (κ1) is 13.4. The largest absolute Gasteiger partial charge is 0.487 e. The lowest BCUT2D eigenvalue weighted by Crippen LogP contribution is -2.05. The van der Waals surface area contributed by atoms with E-state index in [0.717, 1.165) is 23.0 Å². The summed E-state index contributed by atoms with van der Waals surface area (Å²) in [4.78, 5) is 11.2. The van der Waals surface area contributed by atoms with E-state index in [-0.39, 0.29) is 6.10 Å². The number of fused-ring (bicyclic) bond motifs is 1. The fourth-order valence-electron chi connectivity index (χ4n) is 2.31. The minimum Gasteiger partial charge on any atom is -0.487 e. The summed E-state index contributed by atoms with van der Waals surface area (Å²) in [7, 11) is 0. The van der Waals surface area contributed by atoms with E-state index in [9.17, 15) is 4.79 Å². The van der Waals surface area contributed by atoms with E-state index >= 15 is 0 Å². The van der Waals surface area contributed by atoms with Crippen molar-refractivity contribution in [3.05, 3.63) is 54.1 Å². The maximum absolute atomic E-state index is 11.2. The minimum atomic E-state index is 0.0422. The third-order valence-corrected chi connectivity index (χ3v) is 3.23. The van der Waals surface area contributed by atoms with Gasteiger partial charge in [-0.15, -0.1) is 0 Å². The molecular weight excluding hydrogens is 264 g/mol. The average molecular weight is 280 g/mol. The number of hydrogen-bond acceptors (Lipinski definition) is 3. The Balaban J connectivity index is 2.20. The van der Waals surface area contributed by atoms with Crippen LogP contribution in [0.2, 0.25) is 0 Å². The molecule has 0 N–H and O–H groups in total. The summed E-state index contributed by atoms with van der Waals surface area (Å²) in [6.07, 6.45) is 0.881. The maximum Gasteiger partial charge on any atom is 0.177 e. The van der Waals surface area contributed by atoms with E-state index in [1.165, 1.54) is 0 Å². The first-order chi connectivity index (χ1) is 10.2. The fourth-order valence-corrected chi connectivity index (χ4v) is 2.31. The molecule has 0 aliphatic rings. The molecule has 0 aliphatic carbocycles. The zero-order chi connectivity index (χ0) is 14.8. The molecule has 0 saturated heterocycles. The van der Waals surface area contributed by atoms with Crippen molar-refractivity contribution in [2.45, 2.75) is 20.0 Å². The molecule has 0 bridgehead atoms. The van der Waals surface area contributed by atoms with Gasteiger partial charge in [-0.05, 0) is 32.0 Å². The SMILES string of the molecule is CC(C)Oc1ccc(C=O)c2cc(-c3ccccc3)oc12. The highest BCUT2D eigenvalue weighted by Gasteiger charge is 2.15. The van der Waals surface area contributed by atoms with Crippen LogP contribution >= 0.6 is 0 Å². The van der Waals surface area contributed by atoms with Gasteiger partial charge < -0.3 is 9.15 Å². The highest BCUT2D eigenvalue weighted by Crippen LogP contribution is 2.35. The summed E-state index contributed by atoms with van der Waals surface area (Å²) in [6.45, 7) is 3.92. The van der Waals surface area contributed by atoms with Crippen molar-refractivity contribution in [3.63, 3.8) is 0 Å². The molecule has 3 nitrogen and oxygen atoms in total. The number of ether oxygens (including phenoxy) is 1. The van der Waals surface area contributed by atoms with Crippen LogP contribution < -0.4 is 4.74 Å². The number of carbonyl (C=O) groups is 1. The molecule has 21 heavy (non-hydrogen) atoms. The molecule has 3 aromatic rings. The Hall–Kier alpha value is -2.55. The van der Waals surface area contributed by atoms with Gasteiger partial charge in [-0.2, -0.15) is 0 Å². The second-order valence-electron chi connectivity index (χ2n) is 5.16. The van der Waals surface area contributed by atoms with E-state index in [4.69, 9.17) is 9.15 Å². The maximum atomic E-state index is 11.2. The van der Waals surface area contributed by atoms with Crippen LogP contribution in [0.5, 0.6) is 5.75 Å². The molecule has 0 saturated carbocycles. The van der Waals surface area contributed by atoms with Crippen molar-refractivity contribution in [3.8, 4) is 17.1 Å². The third kappa shape index (κ3) is 2.55. The van der Waals surface area contributed by atoms with Gasteiger partial charge in [0, 0.05) is 16.5 Å². The predicted octanol–water partition coefficient (Wildman–Crippen LogP) is 4.70. The third-order valence-electron chi connectivity index (χ3n) is 3.23. The molecule has 3 rings (SSSR count). The molecule has 0 atom stereocenters. The van der Waals surface area contributed by atoms with Gasteiger partial charge in [0.25, 0.3) is 0 Å². The Bertz CT molecular complexity index is 770.